The lowest BCUT2D eigenvalue weighted by Gasteiger charge is -2.10. The van der Waals surface area contributed by atoms with Crippen LogP contribution in [0.4, 0.5) is 0 Å². The van der Waals surface area contributed by atoms with E-state index in [2.05, 4.69) is 20.2 Å². The Morgan fingerprint density at radius 1 is 1.11 bits per heavy atom. The molecule has 1 aromatic carbocycles. The van der Waals surface area contributed by atoms with E-state index >= 15 is 0 Å². The molecule has 0 amide bonds. The maximum Gasteiger partial charge on any atom is 0.316 e. The zero-order chi connectivity index (χ0) is 19.8. The lowest BCUT2D eigenvalue weighted by atomic mass is 10.3. The molecule has 0 N–H and O–H groups in total. The van der Waals surface area contributed by atoms with E-state index in [0.717, 1.165) is 17.3 Å². The summed E-state index contributed by atoms with van der Waals surface area (Å²) in [4.78, 5) is 20.2. The van der Waals surface area contributed by atoms with Crippen LogP contribution in [0.3, 0.4) is 0 Å². The number of carbonyl (C=O) groups is 1. The molecule has 0 aliphatic heterocycles. The van der Waals surface area contributed by atoms with Gasteiger partial charge in [-0.1, -0.05) is 23.5 Å². The van der Waals surface area contributed by atoms with Crippen LogP contribution in [0.1, 0.15) is 12.7 Å². The SMILES string of the molecule is CCOC(=O)CSc1nnc(CSc2ncccn2)n1-c1ccc(OC)cc1. The van der Waals surface area contributed by atoms with Crippen LogP contribution in [-0.2, 0) is 15.3 Å². The zero-order valence-electron chi connectivity index (χ0n) is 15.4. The molecule has 0 aliphatic carbocycles. The van der Waals surface area contributed by atoms with E-state index in [1.807, 2.05) is 28.8 Å². The van der Waals surface area contributed by atoms with E-state index in [9.17, 15) is 4.79 Å². The summed E-state index contributed by atoms with van der Waals surface area (Å²) in [5, 5.41) is 9.84. The molecule has 0 aliphatic rings. The maximum atomic E-state index is 11.7. The Morgan fingerprint density at radius 2 is 1.86 bits per heavy atom. The van der Waals surface area contributed by atoms with Crippen LogP contribution < -0.4 is 4.74 Å². The predicted molar refractivity (Wildman–Crippen MR) is 107 cm³/mol. The number of aromatic nitrogens is 5. The Bertz CT molecular complexity index is 903. The molecule has 0 unspecified atom stereocenters. The highest BCUT2D eigenvalue weighted by Crippen LogP contribution is 2.27. The minimum Gasteiger partial charge on any atom is -0.497 e. The Balaban J connectivity index is 1.84. The molecule has 0 atom stereocenters. The third kappa shape index (κ3) is 5.23. The van der Waals surface area contributed by atoms with Gasteiger partial charge in [-0.3, -0.25) is 9.36 Å². The number of esters is 1. The molecule has 3 aromatic rings. The van der Waals surface area contributed by atoms with Crippen molar-refractivity contribution in [2.24, 2.45) is 0 Å². The van der Waals surface area contributed by atoms with Crippen molar-refractivity contribution in [2.45, 2.75) is 23.0 Å². The third-order valence-electron chi connectivity index (χ3n) is 3.53. The summed E-state index contributed by atoms with van der Waals surface area (Å²) in [5.74, 6) is 1.89. The van der Waals surface area contributed by atoms with Crippen molar-refractivity contribution in [1.82, 2.24) is 24.7 Å². The first-order chi connectivity index (χ1) is 13.7. The predicted octanol–water partition coefficient (Wildman–Crippen LogP) is 3.01. The van der Waals surface area contributed by atoms with Gasteiger partial charge in [-0.15, -0.1) is 10.2 Å². The van der Waals surface area contributed by atoms with Gasteiger partial charge in [0.05, 0.1) is 25.2 Å². The van der Waals surface area contributed by atoms with E-state index in [1.165, 1.54) is 23.5 Å². The van der Waals surface area contributed by atoms with Crippen molar-refractivity contribution in [3.8, 4) is 11.4 Å². The normalized spacial score (nSPS) is 10.6. The van der Waals surface area contributed by atoms with Gasteiger partial charge in [-0.05, 0) is 37.3 Å². The van der Waals surface area contributed by atoms with Crippen molar-refractivity contribution < 1.29 is 14.3 Å². The highest BCUT2D eigenvalue weighted by Gasteiger charge is 2.17. The standard InChI is InChI=1S/C18H19N5O3S2/c1-3-26-16(24)12-28-18-22-21-15(11-27-17-19-9-4-10-20-17)23(18)13-5-7-14(25-2)8-6-13/h4-10H,3,11-12H2,1-2H3. The number of carbonyl (C=O) groups excluding carboxylic acids is 1. The molecule has 2 heterocycles. The lowest BCUT2D eigenvalue weighted by Crippen LogP contribution is -2.08. The first kappa shape index (κ1) is 20.2. The molecule has 3 rings (SSSR count). The average molecular weight is 418 g/mol. The number of benzene rings is 1. The first-order valence-electron chi connectivity index (χ1n) is 8.48. The summed E-state index contributed by atoms with van der Waals surface area (Å²) in [6.07, 6.45) is 3.40. The van der Waals surface area contributed by atoms with Crippen LogP contribution in [0.15, 0.2) is 53.0 Å². The Hall–Kier alpha value is -2.59. The van der Waals surface area contributed by atoms with Crippen molar-refractivity contribution in [3.63, 3.8) is 0 Å². The van der Waals surface area contributed by atoms with E-state index < -0.39 is 0 Å². The van der Waals surface area contributed by atoms with Crippen molar-refractivity contribution >= 4 is 29.5 Å². The Labute approximate surface area is 171 Å². The van der Waals surface area contributed by atoms with Gasteiger partial charge in [0.2, 0.25) is 0 Å². The smallest absolute Gasteiger partial charge is 0.316 e. The van der Waals surface area contributed by atoms with Crippen LogP contribution in [0.2, 0.25) is 0 Å². The largest absolute Gasteiger partial charge is 0.497 e. The van der Waals surface area contributed by atoms with Crippen LogP contribution in [0.5, 0.6) is 5.75 Å². The number of hydrogen-bond donors (Lipinski definition) is 0. The second-order valence-corrected chi connectivity index (χ2v) is 7.23. The molecule has 0 fully saturated rings. The van der Waals surface area contributed by atoms with E-state index in [1.54, 1.807) is 32.5 Å². The minimum atomic E-state index is -0.287. The molecule has 8 nitrogen and oxygen atoms in total. The number of methoxy groups -OCH3 is 1. The van der Waals surface area contributed by atoms with Gasteiger partial charge in [-0.25, -0.2) is 9.97 Å². The summed E-state index contributed by atoms with van der Waals surface area (Å²) in [7, 11) is 1.62. The first-order valence-corrected chi connectivity index (χ1v) is 10.4. The van der Waals surface area contributed by atoms with Crippen LogP contribution in [-0.4, -0.2) is 50.2 Å². The average Bonchev–Trinajstić information content (AvgIpc) is 3.14. The van der Waals surface area contributed by atoms with Crippen molar-refractivity contribution in [3.05, 3.63) is 48.5 Å². The zero-order valence-corrected chi connectivity index (χ0v) is 17.1. The number of rotatable bonds is 9. The van der Waals surface area contributed by atoms with Gasteiger partial charge in [0.1, 0.15) is 11.6 Å². The van der Waals surface area contributed by atoms with Gasteiger partial charge in [0, 0.05) is 18.1 Å². The molecule has 28 heavy (non-hydrogen) atoms. The van der Waals surface area contributed by atoms with Crippen LogP contribution in [0.25, 0.3) is 5.69 Å². The van der Waals surface area contributed by atoms with Gasteiger partial charge < -0.3 is 9.47 Å². The van der Waals surface area contributed by atoms with E-state index in [0.29, 0.717) is 22.7 Å². The second-order valence-electron chi connectivity index (χ2n) is 5.35. The Kier molecular flexibility index (Phi) is 7.26. The highest BCUT2D eigenvalue weighted by molar-refractivity contribution is 7.99. The molecule has 146 valence electrons. The fourth-order valence-corrected chi connectivity index (χ4v) is 3.78. The van der Waals surface area contributed by atoms with E-state index in [4.69, 9.17) is 9.47 Å². The topological polar surface area (TPSA) is 92.0 Å². The number of nitrogens with zero attached hydrogens (tertiary/aromatic N) is 5. The van der Waals surface area contributed by atoms with Gasteiger partial charge in [-0.2, -0.15) is 0 Å². The molecular formula is C18H19N5O3S2. The quantitative estimate of drug-likeness (QED) is 0.296. The summed E-state index contributed by atoms with van der Waals surface area (Å²) in [5.41, 5.74) is 0.877. The second kappa shape index (κ2) is 10.1. The van der Waals surface area contributed by atoms with E-state index in [-0.39, 0.29) is 11.7 Å². The fraction of sp³-hybridized carbons (Fsp3) is 0.278. The molecular weight excluding hydrogens is 398 g/mol. The third-order valence-corrected chi connectivity index (χ3v) is 5.30. The summed E-state index contributed by atoms with van der Waals surface area (Å²) < 4.78 is 12.1. The molecule has 10 heteroatoms. The minimum absolute atomic E-state index is 0.164. The summed E-state index contributed by atoms with van der Waals surface area (Å²) in [6.45, 7) is 2.13. The monoisotopic (exact) mass is 417 g/mol. The fourth-order valence-electron chi connectivity index (χ4n) is 2.29. The molecule has 2 aromatic heterocycles. The van der Waals surface area contributed by atoms with Gasteiger partial charge >= 0.3 is 5.97 Å². The Morgan fingerprint density at radius 3 is 2.54 bits per heavy atom. The molecule has 0 saturated carbocycles. The maximum absolute atomic E-state index is 11.7. The number of thioether (sulfide) groups is 2. The molecule has 0 radical (unpaired) electrons. The van der Waals surface area contributed by atoms with Crippen molar-refractivity contribution in [1.29, 1.82) is 0 Å². The van der Waals surface area contributed by atoms with Gasteiger partial charge in [0.25, 0.3) is 0 Å². The molecule has 0 saturated heterocycles. The summed E-state index contributed by atoms with van der Waals surface area (Å²) >= 11 is 2.75. The molecule has 0 bridgehead atoms. The lowest BCUT2D eigenvalue weighted by molar-refractivity contribution is -0.139. The van der Waals surface area contributed by atoms with Gasteiger partial charge in [0.15, 0.2) is 10.3 Å². The summed E-state index contributed by atoms with van der Waals surface area (Å²) in [6, 6.07) is 9.35. The highest BCUT2D eigenvalue weighted by atomic mass is 32.2. The molecule has 0 spiro atoms. The van der Waals surface area contributed by atoms with Crippen molar-refractivity contribution in [2.75, 3.05) is 19.5 Å². The number of hydrogen-bond acceptors (Lipinski definition) is 9. The van der Waals surface area contributed by atoms with Crippen LogP contribution in [0, 0.1) is 0 Å². The van der Waals surface area contributed by atoms with Crippen LogP contribution >= 0.6 is 23.5 Å². The number of ether oxygens (including phenoxy) is 2.